The zero-order valence-corrected chi connectivity index (χ0v) is 19.1. The fraction of sp³-hybridized carbons (Fsp3) is 0.160. The summed E-state index contributed by atoms with van der Waals surface area (Å²) >= 11 is 12.0. The normalized spacial score (nSPS) is 11.5. The first-order chi connectivity index (χ1) is 15.3. The molecule has 0 saturated heterocycles. The van der Waals surface area contributed by atoms with E-state index in [1.807, 2.05) is 24.3 Å². The van der Waals surface area contributed by atoms with E-state index in [0.29, 0.717) is 22.7 Å². The largest absolute Gasteiger partial charge is 0.326 e. The average Bonchev–Trinajstić information content (AvgIpc) is 2.78. The van der Waals surface area contributed by atoms with E-state index in [0.717, 1.165) is 6.42 Å². The second-order valence-electron chi connectivity index (χ2n) is 7.34. The molecule has 3 aromatic carbocycles. The van der Waals surface area contributed by atoms with Gasteiger partial charge in [0.2, 0.25) is 0 Å². The maximum absolute atomic E-state index is 12.7. The van der Waals surface area contributed by atoms with E-state index < -0.39 is 11.9 Å². The van der Waals surface area contributed by atoms with Crippen molar-refractivity contribution < 1.29 is 14.4 Å². The minimum Gasteiger partial charge on any atom is -0.308 e. The number of carbonyl (C=O) groups excluding carboxylic acids is 3. The number of urea groups is 1. The third-order valence-corrected chi connectivity index (χ3v) is 5.81. The van der Waals surface area contributed by atoms with E-state index in [1.165, 1.54) is 17.7 Å². The smallest absolute Gasteiger partial charge is 0.308 e. The molecule has 3 rings (SSSR count). The standard InChI is InChI=1S/C25H22Cl2N2O3/c1-3-15(2)16-7-9-17(10-8-16)23(30)18-11-13-19(14-12-18)28-25(32)29-24(31)22-20(26)5-4-6-21(22)27/h4-15H,3H2,1-2H3,(H2,28,29,31,32). The molecule has 1 atom stereocenters. The van der Waals surface area contributed by atoms with Crippen LogP contribution in [0, 0.1) is 0 Å². The van der Waals surface area contributed by atoms with Crippen molar-refractivity contribution in [1.29, 1.82) is 0 Å². The highest BCUT2D eigenvalue weighted by Crippen LogP contribution is 2.24. The number of halogens is 2. The molecule has 0 fully saturated rings. The Balaban J connectivity index is 1.63. The molecule has 0 aliphatic carbocycles. The van der Waals surface area contributed by atoms with Gasteiger partial charge in [-0.1, -0.05) is 67.4 Å². The van der Waals surface area contributed by atoms with Gasteiger partial charge in [0.15, 0.2) is 5.78 Å². The third-order valence-electron chi connectivity index (χ3n) is 5.18. The molecule has 1 unspecified atom stereocenters. The van der Waals surface area contributed by atoms with Crippen molar-refractivity contribution >= 4 is 46.6 Å². The monoisotopic (exact) mass is 468 g/mol. The highest BCUT2D eigenvalue weighted by Gasteiger charge is 2.17. The van der Waals surface area contributed by atoms with Crippen molar-refractivity contribution in [2.45, 2.75) is 26.2 Å². The number of imide groups is 1. The molecular formula is C25H22Cl2N2O3. The van der Waals surface area contributed by atoms with Gasteiger partial charge in [-0.15, -0.1) is 0 Å². The Hall–Kier alpha value is -3.15. The van der Waals surface area contributed by atoms with Crippen LogP contribution in [0.4, 0.5) is 10.5 Å². The van der Waals surface area contributed by atoms with E-state index >= 15 is 0 Å². The van der Waals surface area contributed by atoms with Crippen LogP contribution < -0.4 is 10.6 Å². The number of amides is 3. The molecule has 0 aliphatic heterocycles. The van der Waals surface area contributed by atoms with Crippen molar-refractivity contribution in [3.05, 3.63) is 99.0 Å². The van der Waals surface area contributed by atoms with Crippen LogP contribution in [0.5, 0.6) is 0 Å². The molecule has 3 amide bonds. The van der Waals surface area contributed by atoms with Crippen molar-refractivity contribution in [2.24, 2.45) is 0 Å². The van der Waals surface area contributed by atoms with Crippen LogP contribution in [0.15, 0.2) is 66.7 Å². The van der Waals surface area contributed by atoms with Gasteiger partial charge in [0.25, 0.3) is 5.91 Å². The van der Waals surface area contributed by atoms with Crippen LogP contribution in [-0.2, 0) is 0 Å². The van der Waals surface area contributed by atoms with E-state index in [2.05, 4.69) is 24.5 Å². The summed E-state index contributed by atoms with van der Waals surface area (Å²) in [4.78, 5) is 37.2. The lowest BCUT2D eigenvalue weighted by atomic mass is 9.95. The number of nitrogens with one attached hydrogen (secondary N) is 2. The average molecular weight is 469 g/mol. The molecule has 0 aromatic heterocycles. The quantitative estimate of drug-likeness (QED) is 0.395. The van der Waals surface area contributed by atoms with Gasteiger partial charge < -0.3 is 5.32 Å². The number of rotatable bonds is 6. The summed E-state index contributed by atoms with van der Waals surface area (Å²) in [5.74, 6) is -0.387. The number of anilines is 1. The zero-order chi connectivity index (χ0) is 23.3. The number of ketones is 1. The summed E-state index contributed by atoms with van der Waals surface area (Å²) in [7, 11) is 0. The molecule has 164 valence electrons. The number of hydrogen-bond donors (Lipinski definition) is 2. The Kier molecular flexibility index (Phi) is 7.67. The van der Waals surface area contributed by atoms with Crippen molar-refractivity contribution in [1.82, 2.24) is 5.32 Å². The molecule has 7 heteroatoms. The van der Waals surface area contributed by atoms with Gasteiger partial charge in [-0.3, -0.25) is 14.9 Å². The molecule has 2 N–H and O–H groups in total. The summed E-state index contributed by atoms with van der Waals surface area (Å²) in [5.41, 5.74) is 2.72. The first-order valence-corrected chi connectivity index (χ1v) is 10.9. The Morgan fingerprint density at radius 2 is 1.38 bits per heavy atom. The molecule has 0 heterocycles. The Bertz CT molecular complexity index is 1120. The fourth-order valence-electron chi connectivity index (χ4n) is 3.11. The van der Waals surface area contributed by atoms with Crippen LogP contribution in [0.25, 0.3) is 0 Å². The first-order valence-electron chi connectivity index (χ1n) is 10.1. The minimum absolute atomic E-state index is 0.0197. The van der Waals surface area contributed by atoms with Gasteiger partial charge in [0.05, 0.1) is 15.6 Å². The van der Waals surface area contributed by atoms with Crippen molar-refractivity contribution in [3.63, 3.8) is 0 Å². The predicted molar refractivity (Wildman–Crippen MR) is 128 cm³/mol. The molecule has 0 saturated carbocycles. The summed E-state index contributed by atoms with van der Waals surface area (Å²) in [6, 6.07) is 17.9. The van der Waals surface area contributed by atoms with Gasteiger partial charge in [0.1, 0.15) is 0 Å². The predicted octanol–water partition coefficient (Wildman–Crippen LogP) is 6.70. The lowest BCUT2D eigenvalue weighted by Crippen LogP contribution is -2.34. The highest BCUT2D eigenvalue weighted by atomic mass is 35.5. The molecule has 0 bridgehead atoms. The Morgan fingerprint density at radius 3 is 1.91 bits per heavy atom. The maximum atomic E-state index is 12.7. The van der Waals surface area contributed by atoms with Gasteiger partial charge in [0, 0.05) is 16.8 Å². The highest BCUT2D eigenvalue weighted by molar-refractivity contribution is 6.40. The Morgan fingerprint density at radius 1 is 0.844 bits per heavy atom. The second-order valence-corrected chi connectivity index (χ2v) is 8.16. The number of benzene rings is 3. The molecule has 5 nitrogen and oxygen atoms in total. The SMILES string of the molecule is CCC(C)c1ccc(C(=O)c2ccc(NC(=O)NC(=O)c3c(Cl)cccc3Cl)cc2)cc1. The van der Waals surface area contributed by atoms with Gasteiger partial charge in [-0.05, 0) is 54.3 Å². The molecule has 0 spiro atoms. The van der Waals surface area contributed by atoms with Crippen LogP contribution in [0.2, 0.25) is 10.0 Å². The van der Waals surface area contributed by atoms with E-state index in [1.54, 1.807) is 30.3 Å². The second kappa shape index (κ2) is 10.4. The van der Waals surface area contributed by atoms with E-state index in [-0.39, 0.29) is 21.4 Å². The number of carbonyl (C=O) groups is 3. The maximum Gasteiger partial charge on any atom is 0.326 e. The minimum atomic E-state index is -0.745. The van der Waals surface area contributed by atoms with Crippen LogP contribution in [0.3, 0.4) is 0 Å². The summed E-state index contributed by atoms with van der Waals surface area (Å²) < 4.78 is 0. The van der Waals surface area contributed by atoms with Gasteiger partial charge in [-0.2, -0.15) is 0 Å². The lowest BCUT2D eigenvalue weighted by Gasteiger charge is -2.10. The molecule has 32 heavy (non-hydrogen) atoms. The summed E-state index contributed by atoms with van der Waals surface area (Å²) in [5, 5.41) is 5.01. The molecular weight excluding hydrogens is 447 g/mol. The van der Waals surface area contributed by atoms with Crippen LogP contribution in [0.1, 0.15) is 58.0 Å². The molecule has 0 aliphatic rings. The topological polar surface area (TPSA) is 75.3 Å². The summed E-state index contributed by atoms with van der Waals surface area (Å²) in [6.45, 7) is 4.27. The zero-order valence-electron chi connectivity index (χ0n) is 17.6. The Labute approximate surface area is 196 Å². The third kappa shape index (κ3) is 5.55. The van der Waals surface area contributed by atoms with E-state index in [9.17, 15) is 14.4 Å². The molecule has 3 aromatic rings. The van der Waals surface area contributed by atoms with Crippen LogP contribution >= 0.6 is 23.2 Å². The summed E-state index contributed by atoms with van der Waals surface area (Å²) in [6.07, 6.45) is 1.03. The number of hydrogen-bond acceptors (Lipinski definition) is 3. The first kappa shape index (κ1) is 23.5. The van der Waals surface area contributed by atoms with Gasteiger partial charge in [-0.25, -0.2) is 4.79 Å². The van der Waals surface area contributed by atoms with Crippen LogP contribution in [-0.4, -0.2) is 17.7 Å². The van der Waals surface area contributed by atoms with E-state index in [4.69, 9.17) is 23.2 Å². The molecule has 0 radical (unpaired) electrons. The fourth-order valence-corrected chi connectivity index (χ4v) is 3.68. The van der Waals surface area contributed by atoms with Crippen molar-refractivity contribution in [3.8, 4) is 0 Å². The van der Waals surface area contributed by atoms with Crippen molar-refractivity contribution in [2.75, 3.05) is 5.32 Å². The van der Waals surface area contributed by atoms with Gasteiger partial charge >= 0.3 is 6.03 Å². The lowest BCUT2D eigenvalue weighted by molar-refractivity contribution is 0.0966.